The molecule has 0 aliphatic carbocycles. The van der Waals surface area contributed by atoms with Gasteiger partial charge in [0.1, 0.15) is 18.1 Å². The van der Waals surface area contributed by atoms with Gasteiger partial charge in [-0.1, -0.05) is 6.07 Å². The number of halogens is 1. The quantitative estimate of drug-likeness (QED) is 0.505. The van der Waals surface area contributed by atoms with Crippen LogP contribution in [0, 0.1) is 0 Å². The van der Waals surface area contributed by atoms with Gasteiger partial charge in [0.25, 0.3) is 0 Å². The van der Waals surface area contributed by atoms with Crippen LogP contribution in [0.15, 0.2) is 18.3 Å². The summed E-state index contributed by atoms with van der Waals surface area (Å²) in [5.41, 5.74) is 1.11. The fourth-order valence-electron chi connectivity index (χ4n) is 1.51. The predicted molar refractivity (Wildman–Crippen MR) is 50.7 cm³/mol. The highest BCUT2D eigenvalue weighted by Gasteiger charge is 2.25. The number of pyridine rings is 1. The molecule has 4 heteroatoms. The van der Waals surface area contributed by atoms with Crippen LogP contribution in [0.4, 0.5) is 5.82 Å². The number of carbonyl (C=O) groups is 1. The number of carbonyl (C=O) groups excluding carboxylic acids is 1. The normalized spacial score (nSPS) is 21.0. The molecule has 1 unspecified atom stereocenters. The van der Waals surface area contributed by atoms with Gasteiger partial charge in [-0.2, -0.15) is 0 Å². The second-order valence-electron chi connectivity index (χ2n) is 3.04. The van der Waals surface area contributed by atoms with Gasteiger partial charge in [-0.15, -0.1) is 0 Å². The zero-order valence-electron chi connectivity index (χ0n) is 6.98. The lowest BCUT2D eigenvalue weighted by atomic mass is 10.0. The Labute approximate surface area is 81.4 Å². The first kappa shape index (κ1) is 8.51. The van der Waals surface area contributed by atoms with Crippen LogP contribution >= 0.6 is 11.8 Å². The van der Waals surface area contributed by atoms with Crippen molar-refractivity contribution in [1.29, 1.82) is 0 Å². The van der Waals surface area contributed by atoms with Crippen molar-refractivity contribution in [3.63, 3.8) is 0 Å². The van der Waals surface area contributed by atoms with Gasteiger partial charge in [-0.3, -0.25) is 4.42 Å². The molecular formula is C9H9ClN2O. The summed E-state index contributed by atoms with van der Waals surface area (Å²) in [7, 11) is 0. The van der Waals surface area contributed by atoms with Crippen molar-refractivity contribution in [2.45, 2.75) is 18.9 Å². The number of rotatable bonds is 1. The Morgan fingerprint density at radius 1 is 1.69 bits per heavy atom. The molecule has 2 heterocycles. The molecular weight excluding hydrogens is 188 g/mol. The maximum atomic E-state index is 10.6. The number of nitrogens with zero attached hydrogens (tertiary/aromatic N) is 2. The Morgan fingerprint density at radius 2 is 2.54 bits per heavy atom. The number of hydrogen-bond acceptors (Lipinski definition) is 3. The summed E-state index contributed by atoms with van der Waals surface area (Å²) in [6, 6.07) is 3.63. The third-order valence-electron chi connectivity index (χ3n) is 2.23. The van der Waals surface area contributed by atoms with Crippen molar-refractivity contribution in [3.05, 3.63) is 23.9 Å². The summed E-state index contributed by atoms with van der Waals surface area (Å²) in [5.74, 6) is 0.715. The predicted octanol–water partition coefficient (Wildman–Crippen LogP) is 1.56. The molecule has 1 aliphatic heterocycles. The number of aryl methyl sites for hydroxylation is 1. The van der Waals surface area contributed by atoms with Crippen LogP contribution < -0.4 is 4.42 Å². The maximum absolute atomic E-state index is 10.6. The molecule has 3 nitrogen and oxygen atoms in total. The third-order valence-corrected chi connectivity index (χ3v) is 2.64. The molecule has 1 aliphatic rings. The topological polar surface area (TPSA) is 33.2 Å². The first-order chi connectivity index (χ1) is 6.33. The number of fused-ring (bicyclic) bond motifs is 1. The standard InChI is InChI=1S/C9H9ClN2O/c10-12-8(6-13)4-3-7-2-1-5-11-9(7)12/h1-2,5-6,8H,3-4H2. The monoisotopic (exact) mass is 196 g/mol. The molecule has 1 aromatic heterocycles. The lowest BCUT2D eigenvalue weighted by Gasteiger charge is -2.28. The highest BCUT2D eigenvalue weighted by molar-refractivity contribution is 6.27. The van der Waals surface area contributed by atoms with Crippen molar-refractivity contribution in [2.75, 3.05) is 4.42 Å². The van der Waals surface area contributed by atoms with E-state index in [-0.39, 0.29) is 6.04 Å². The van der Waals surface area contributed by atoms with Gasteiger partial charge in [0.2, 0.25) is 0 Å². The molecule has 0 N–H and O–H groups in total. The van der Waals surface area contributed by atoms with E-state index in [9.17, 15) is 4.79 Å². The molecule has 0 aromatic carbocycles. The van der Waals surface area contributed by atoms with Gasteiger partial charge in [0.15, 0.2) is 0 Å². The van der Waals surface area contributed by atoms with E-state index in [2.05, 4.69) is 4.98 Å². The van der Waals surface area contributed by atoms with Crippen LogP contribution in [-0.2, 0) is 11.2 Å². The SMILES string of the molecule is O=CC1CCc2cccnc2N1Cl. The van der Waals surface area contributed by atoms with E-state index < -0.39 is 0 Å². The fraction of sp³-hybridized carbons (Fsp3) is 0.333. The Morgan fingerprint density at radius 3 is 3.31 bits per heavy atom. The smallest absolute Gasteiger partial charge is 0.146 e. The molecule has 68 valence electrons. The summed E-state index contributed by atoms with van der Waals surface area (Å²) in [6.07, 6.45) is 4.19. The molecule has 0 saturated heterocycles. The Bertz CT molecular complexity index is 329. The molecule has 0 radical (unpaired) electrons. The molecule has 2 rings (SSSR count). The average molecular weight is 197 g/mol. The fourth-order valence-corrected chi connectivity index (χ4v) is 1.81. The maximum Gasteiger partial charge on any atom is 0.146 e. The van der Waals surface area contributed by atoms with Gasteiger partial charge in [-0.25, -0.2) is 4.98 Å². The summed E-state index contributed by atoms with van der Waals surface area (Å²) in [5, 5.41) is 0. The molecule has 1 aromatic rings. The van der Waals surface area contributed by atoms with E-state index in [0.29, 0.717) is 5.82 Å². The Kier molecular flexibility index (Phi) is 2.19. The van der Waals surface area contributed by atoms with Crippen molar-refractivity contribution in [3.8, 4) is 0 Å². The lowest BCUT2D eigenvalue weighted by Crippen LogP contribution is -2.33. The molecule has 1 atom stereocenters. The zero-order valence-corrected chi connectivity index (χ0v) is 7.74. The summed E-state index contributed by atoms with van der Waals surface area (Å²) >= 11 is 5.95. The van der Waals surface area contributed by atoms with E-state index in [1.807, 2.05) is 12.1 Å². The molecule has 0 spiro atoms. The van der Waals surface area contributed by atoms with Gasteiger partial charge in [0.05, 0.1) is 0 Å². The number of anilines is 1. The van der Waals surface area contributed by atoms with E-state index in [1.165, 1.54) is 4.42 Å². The van der Waals surface area contributed by atoms with Crippen LogP contribution in [0.25, 0.3) is 0 Å². The van der Waals surface area contributed by atoms with Gasteiger partial charge in [0, 0.05) is 18.0 Å². The minimum absolute atomic E-state index is 0.232. The summed E-state index contributed by atoms with van der Waals surface area (Å²) in [4.78, 5) is 14.8. The van der Waals surface area contributed by atoms with Crippen LogP contribution in [0.3, 0.4) is 0 Å². The van der Waals surface area contributed by atoms with E-state index in [4.69, 9.17) is 11.8 Å². The molecule has 13 heavy (non-hydrogen) atoms. The van der Waals surface area contributed by atoms with Gasteiger partial charge < -0.3 is 4.79 Å². The number of hydrogen-bond donors (Lipinski definition) is 0. The van der Waals surface area contributed by atoms with Crippen molar-refractivity contribution >= 4 is 23.9 Å². The lowest BCUT2D eigenvalue weighted by molar-refractivity contribution is -0.108. The minimum Gasteiger partial charge on any atom is -0.301 e. The molecule has 0 saturated carbocycles. The second kappa shape index (κ2) is 3.34. The van der Waals surface area contributed by atoms with Crippen LogP contribution in [0.5, 0.6) is 0 Å². The highest BCUT2D eigenvalue weighted by atomic mass is 35.5. The van der Waals surface area contributed by atoms with Crippen LogP contribution in [-0.4, -0.2) is 17.3 Å². The van der Waals surface area contributed by atoms with E-state index in [1.54, 1.807) is 6.20 Å². The van der Waals surface area contributed by atoms with Crippen molar-refractivity contribution in [1.82, 2.24) is 4.98 Å². The van der Waals surface area contributed by atoms with Crippen molar-refractivity contribution in [2.24, 2.45) is 0 Å². The second-order valence-corrected chi connectivity index (χ2v) is 3.40. The van der Waals surface area contributed by atoms with Crippen LogP contribution in [0.2, 0.25) is 0 Å². The van der Waals surface area contributed by atoms with Crippen LogP contribution in [0.1, 0.15) is 12.0 Å². The average Bonchev–Trinajstić information content (AvgIpc) is 2.19. The summed E-state index contributed by atoms with van der Waals surface area (Å²) < 4.78 is 1.42. The first-order valence-corrected chi connectivity index (χ1v) is 4.51. The minimum atomic E-state index is -0.232. The molecule has 0 amide bonds. The van der Waals surface area contributed by atoms with E-state index >= 15 is 0 Å². The molecule has 0 bridgehead atoms. The van der Waals surface area contributed by atoms with Gasteiger partial charge >= 0.3 is 0 Å². The zero-order chi connectivity index (χ0) is 9.26. The molecule has 0 fully saturated rings. The largest absolute Gasteiger partial charge is 0.301 e. The number of aromatic nitrogens is 1. The summed E-state index contributed by atoms with van der Waals surface area (Å²) in [6.45, 7) is 0. The number of aldehydes is 1. The third kappa shape index (κ3) is 1.40. The van der Waals surface area contributed by atoms with E-state index in [0.717, 1.165) is 24.7 Å². The highest BCUT2D eigenvalue weighted by Crippen LogP contribution is 2.28. The Hall–Kier alpha value is -1.09. The van der Waals surface area contributed by atoms with Gasteiger partial charge in [-0.05, 0) is 24.5 Å². The Balaban J connectivity index is 2.38. The van der Waals surface area contributed by atoms with Crippen molar-refractivity contribution < 1.29 is 4.79 Å². The first-order valence-electron chi connectivity index (χ1n) is 4.17.